The minimum atomic E-state index is -0.519. The maximum Gasteiger partial charge on any atom is 0.324 e. The first-order chi connectivity index (χ1) is 7.56. The van der Waals surface area contributed by atoms with Gasteiger partial charge in [-0.3, -0.25) is 14.9 Å². The zero-order chi connectivity index (χ0) is 11.7. The molecule has 0 aromatic carbocycles. The van der Waals surface area contributed by atoms with Crippen molar-refractivity contribution in [2.45, 2.75) is 25.0 Å². The van der Waals surface area contributed by atoms with Crippen molar-refractivity contribution in [2.75, 3.05) is 0 Å². The Morgan fingerprint density at radius 2 is 2.25 bits per heavy atom. The summed E-state index contributed by atoms with van der Waals surface area (Å²) in [6.07, 6.45) is 0.779. The molecule has 16 heavy (non-hydrogen) atoms. The van der Waals surface area contributed by atoms with Crippen molar-refractivity contribution in [3.63, 3.8) is 0 Å². The first-order valence-corrected chi connectivity index (χ1v) is 5.61. The fourth-order valence-electron chi connectivity index (χ4n) is 1.51. The summed E-state index contributed by atoms with van der Waals surface area (Å²) in [5.74, 6) is -0.310. The van der Waals surface area contributed by atoms with Gasteiger partial charge < -0.3 is 10.4 Å². The fraction of sp³-hybridized carbons (Fsp3) is 0.444. The van der Waals surface area contributed by atoms with Gasteiger partial charge in [-0.05, 0) is 18.9 Å². The predicted octanol–water partition coefficient (Wildman–Crippen LogP) is 0.909. The van der Waals surface area contributed by atoms with Gasteiger partial charge in [-0.25, -0.2) is 0 Å². The minimum absolute atomic E-state index is 0.0105. The third-order valence-corrected chi connectivity index (χ3v) is 3.48. The predicted molar refractivity (Wildman–Crippen MR) is 57.5 cm³/mol. The molecular weight excluding hydrogens is 232 g/mol. The molecule has 1 aromatic heterocycles. The first kappa shape index (κ1) is 11.0. The summed E-state index contributed by atoms with van der Waals surface area (Å²) < 4.78 is 0. The number of rotatable bonds is 3. The average molecular weight is 242 g/mol. The largest absolute Gasteiger partial charge is 0.393 e. The van der Waals surface area contributed by atoms with Crippen LogP contribution in [-0.2, 0) is 0 Å². The Morgan fingerprint density at radius 3 is 2.75 bits per heavy atom. The molecule has 1 aliphatic rings. The third kappa shape index (κ3) is 2.20. The molecular formula is C9H10N2O4S. The SMILES string of the molecule is O=C(NC1CC(O)C1)c1ccc([N+](=O)[O-])s1. The summed E-state index contributed by atoms with van der Waals surface area (Å²) in [6.45, 7) is 0. The van der Waals surface area contributed by atoms with Crippen LogP contribution in [0.2, 0.25) is 0 Å². The van der Waals surface area contributed by atoms with Gasteiger partial charge in [0.2, 0.25) is 0 Å². The number of hydrogen-bond acceptors (Lipinski definition) is 5. The van der Waals surface area contributed by atoms with Crippen LogP contribution in [0, 0.1) is 10.1 Å². The number of aliphatic hydroxyl groups excluding tert-OH is 1. The lowest BCUT2D eigenvalue weighted by atomic mass is 9.89. The second-order valence-electron chi connectivity index (χ2n) is 3.69. The van der Waals surface area contributed by atoms with Crippen molar-refractivity contribution in [2.24, 2.45) is 0 Å². The Balaban J connectivity index is 1.95. The number of aliphatic hydroxyl groups is 1. The number of nitrogens with zero attached hydrogens (tertiary/aromatic N) is 1. The lowest BCUT2D eigenvalue weighted by Gasteiger charge is -2.31. The van der Waals surface area contributed by atoms with Gasteiger partial charge in [0, 0.05) is 12.1 Å². The Bertz CT molecular complexity index is 425. The molecule has 0 bridgehead atoms. The Kier molecular flexibility index (Phi) is 2.88. The molecule has 86 valence electrons. The van der Waals surface area contributed by atoms with Crippen molar-refractivity contribution in [3.05, 3.63) is 27.1 Å². The van der Waals surface area contributed by atoms with Gasteiger partial charge in [0.25, 0.3) is 5.91 Å². The van der Waals surface area contributed by atoms with Crippen molar-refractivity contribution in [3.8, 4) is 0 Å². The summed E-state index contributed by atoms with van der Waals surface area (Å²) in [5, 5.41) is 22.1. The highest BCUT2D eigenvalue weighted by molar-refractivity contribution is 7.17. The van der Waals surface area contributed by atoms with Gasteiger partial charge in [-0.2, -0.15) is 0 Å². The summed E-state index contributed by atoms with van der Waals surface area (Å²) in [4.78, 5) is 21.8. The lowest BCUT2D eigenvalue weighted by molar-refractivity contribution is -0.380. The van der Waals surface area contributed by atoms with E-state index in [1.165, 1.54) is 12.1 Å². The van der Waals surface area contributed by atoms with Gasteiger partial charge in [-0.15, -0.1) is 0 Å². The zero-order valence-electron chi connectivity index (χ0n) is 8.25. The van der Waals surface area contributed by atoms with Gasteiger partial charge in [0.05, 0.1) is 15.9 Å². The molecule has 0 saturated heterocycles. The van der Waals surface area contributed by atoms with E-state index in [1.54, 1.807) is 0 Å². The van der Waals surface area contributed by atoms with E-state index in [-0.39, 0.29) is 23.1 Å². The van der Waals surface area contributed by atoms with E-state index in [9.17, 15) is 14.9 Å². The van der Waals surface area contributed by atoms with E-state index in [0.717, 1.165) is 11.3 Å². The van der Waals surface area contributed by atoms with E-state index in [0.29, 0.717) is 17.7 Å². The van der Waals surface area contributed by atoms with Crippen LogP contribution >= 0.6 is 11.3 Å². The second-order valence-corrected chi connectivity index (χ2v) is 4.75. The highest BCUT2D eigenvalue weighted by atomic mass is 32.1. The van der Waals surface area contributed by atoms with Gasteiger partial charge in [-0.1, -0.05) is 11.3 Å². The maximum absolute atomic E-state index is 11.6. The minimum Gasteiger partial charge on any atom is -0.393 e. The summed E-state index contributed by atoms with van der Waals surface area (Å²) in [6, 6.07) is 2.74. The highest BCUT2D eigenvalue weighted by Gasteiger charge is 2.29. The number of hydrogen-bond donors (Lipinski definition) is 2. The average Bonchev–Trinajstić information content (AvgIpc) is 2.63. The van der Waals surface area contributed by atoms with Crippen LogP contribution in [0.4, 0.5) is 5.00 Å². The standard InChI is InChI=1S/C9H10N2O4S/c12-6-3-5(4-6)10-9(13)7-1-2-8(16-7)11(14)15/h1-2,5-6,12H,3-4H2,(H,10,13). The normalized spacial score (nSPS) is 23.6. The van der Waals surface area contributed by atoms with Crippen molar-refractivity contribution < 1.29 is 14.8 Å². The Labute approximate surface area is 95.0 Å². The number of nitro groups is 1. The van der Waals surface area contributed by atoms with Crippen molar-refractivity contribution in [1.29, 1.82) is 0 Å². The summed E-state index contributed by atoms with van der Waals surface area (Å²) in [7, 11) is 0. The molecule has 1 fully saturated rings. The Morgan fingerprint density at radius 1 is 1.56 bits per heavy atom. The molecule has 0 unspecified atom stereocenters. The molecule has 0 aliphatic heterocycles. The van der Waals surface area contributed by atoms with Gasteiger partial charge in [0.1, 0.15) is 0 Å². The third-order valence-electron chi connectivity index (χ3n) is 2.44. The van der Waals surface area contributed by atoms with E-state index >= 15 is 0 Å². The van der Waals surface area contributed by atoms with Crippen LogP contribution in [-0.4, -0.2) is 28.1 Å². The van der Waals surface area contributed by atoms with Crippen LogP contribution in [0.3, 0.4) is 0 Å². The van der Waals surface area contributed by atoms with E-state index in [2.05, 4.69) is 5.32 Å². The molecule has 0 atom stereocenters. The highest BCUT2D eigenvalue weighted by Crippen LogP contribution is 2.25. The molecule has 1 aliphatic carbocycles. The summed E-state index contributed by atoms with van der Waals surface area (Å²) in [5.41, 5.74) is 0. The van der Waals surface area contributed by atoms with Crippen LogP contribution in [0.15, 0.2) is 12.1 Å². The molecule has 1 heterocycles. The number of thiophene rings is 1. The number of carbonyl (C=O) groups is 1. The van der Waals surface area contributed by atoms with Crippen molar-refractivity contribution >= 4 is 22.2 Å². The van der Waals surface area contributed by atoms with Gasteiger partial charge >= 0.3 is 5.00 Å². The van der Waals surface area contributed by atoms with E-state index < -0.39 is 4.92 Å². The molecule has 6 nitrogen and oxygen atoms in total. The molecule has 2 rings (SSSR count). The number of nitrogens with one attached hydrogen (secondary N) is 1. The zero-order valence-corrected chi connectivity index (χ0v) is 9.07. The number of carbonyl (C=O) groups excluding carboxylic acids is 1. The first-order valence-electron chi connectivity index (χ1n) is 4.79. The van der Waals surface area contributed by atoms with E-state index in [1.807, 2.05) is 0 Å². The maximum atomic E-state index is 11.6. The molecule has 7 heteroatoms. The second kappa shape index (κ2) is 4.18. The van der Waals surface area contributed by atoms with Crippen LogP contribution in [0.25, 0.3) is 0 Å². The molecule has 1 aromatic rings. The van der Waals surface area contributed by atoms with Gasteiger partial charge in [0.15, 0.2) is 0 Å². The van der Waals surface area contributed by atoms with Crippen molar-refractivity contribution in [1.82, 2.24) is 5.32 Å². The fourth-order valence-corrected chi connectivity index (χ4v) is 2.23. The Hall–Kier alpha value is -1.47. The molecule has 0 spiro atoms. The molecule has 1 saturated carbocycles. The van der Waals surface area contributed by atoms with Crippen LogP contribution < -0.4 is 5.32 Å². The lowest BCUT2D eigenvalue weighted by Crippen LogP contribution is -2.46. The molecule has 2 N–H and O–H groups in total. The molecule has 0 radical (unpaired) electrons. The smallest absolute Gasteiger partial charge is 0.324 e. The monoisotopic (exact) mass is 242 g/mol. The quantitative estimate of drug-likeness (QED) is 0.608. The van der Waals surface area contributed by atoms with Crippen LogP contribution in [0.5, 0.6) is 0 Å². The molecule has 1 amide bonds. The topological polar surface area (TPSA) is 92.5 Å². The summed E-state index contributed by atoms with van der Waals surface area (Å²) >= 11 is 0.853. The van der Waals surface area contributed by atoms with E-state index in [4.69, 9.17) is 5.11 Å². The number of amides is 1. The van der Waals surface area contributed by atoms with Crippen LogP contribution in [0.1, 0.15) is 22.5 Å².